The number of hydrogen-bond donors (Lipinski definition) is 3. The van der Waals surface area contributed by atoms with Gasteiger partial charge < -0.3 is 20.4 Å². The van der Waals surface area contributed by atoms with Gasteiger partial charge >= 0.3 is 7.12 Å². The number of amidine groups is 1. The van der Waals surface area contributed by atoms with Gasteiger partial charge in [0.05, 0.1) is 11.2 Å². The predicted molar refractivity (Wildman–Crippen MR) is 100 cm³/mol. The molecule has 1 aromatic rings. The quantitative estimate of drug-likeness (QED) is 0.433. The summed E-state index contributed by atoms with van der Waals surface area (Å²) in [6.45, 7) is 9.73. The maximum atomic E-state index is 11.3. The van der Waals surface area contributed by atoms with Crippen LogP contribution in [0.1, 0.15) is 45.7 Å². The Morgan fingerprint density at radius 1 is 1.28 bits per heavy atom. The van der Waals surface area contributed by atoms with Gasteiger partial charge in [-0.3, -0.25) is 10.2 Å². The third kappa shape index (κ3) is 4.49. The van der Waals surface area contributed by atoms with Gasteiger partial charge in [-0.25, -0.2) is 0 Å². The maximum Gasteiger partial charge on any atom is 0.492 e. The molecule has 1 saturated heterocycles. The van der Waals surface area contributed by atoms with Crippen LogP contribution in [-0.2, 0) is 14.1 Å². The number of carbonyl (C=O) groups excluding carboxylic acids is 1. The number of carbonyl (C=O) groups is 1. The topological polar surface area (TPSA) is 97.4 Å². The molecule has 1 aliphatic rings. The summed E-state index contributed by atoms with van der Waals surface area (Å²) in [4.78, 5) is 11.3. The fourth-order valence-corrected chi connectivity index (χ4v) is 2.43. The van der Waals surface area contributed by atoms with E-state index in [2.05, 4.69) is 5.32 Å². The van der Waals surface area contributed by atoms with E-state index in [4.69, 9.17) is 20.5 Å². The Morgan fingerprint density at radius 2 is 1.88 bits per heavy atom. The normalized spacial score (nSPS) is 18.9. The van der Waals surface area contributed by atoms with Crippen LogP contribution in [-0.4, -0.2) is 36.6 Å². The monoisotopic (exact) mass is 343 g/mol. The second kappa shape index (κ2) is 7.02. The van der Waals surface area contributed by atoms with Crippen LogP contribution < -0.4 is 11.1 Å². The summed E-state index contributed by atoms with van der Waals surface area (Å²) in [6.07, 6.45) is 1.91. The molecule has 1 fully saturated rings. The fourth-order valence-electron chi connectivity index (χ4n) is 2.43. The zero-order valence-electron chi connectivity index (χ0n) is 15.5. The van der Waals surface area contributed by atoms with Crippen molar-refractivity contribution in [1.29, 1.82) is 5.41 Å². The highest BCUT2D eigenvalue weighted by Crippen LogP contribution is 2.38. The number of nitrogens with two attached hydrogens (primary N) is 1. The fraction of sp³-hybridized carbons (Fsp3) is 0.444. The summed E-state index contributed by atoms with van der Waals surface area (Å²) in [6, 6.07) is 7.34. The van der Waals surface area contributed by atoms with E-state index in [0.29, 0.717) is 12.1 Å². The van der Waals surface area contributed by atoms with Crippen LogP contribution >= 0.6 is 0 Å². The number of amides is 1. The lowest BCUT2D eigenvalue weighted by molar-refractivity contribution is -0.118. The molecule has 134 valence electrons. The Bertz CT molecular complexity index is 697. The lowest BCUT2D eigenvalue weighted by Gasteiger charge is -2.32. The van der Waals surface area contributed by atoms with Crippen molar-refractivity contribution in [1.82, 2.24) is 5.32 Å². The summed E-state index contributed by atoms with van der Waals surface area (Å²) < 4.78 is 12.2. The second-order valence-corrected chi connectivity index (χ2v) is 7.26. The summed E-state index contributed by atoms with van der Waals surface area (Å²) in [5.74, 6) is -0.116. The zero-order chi connectivity index (χ0) is 18.8. The van der Waals surface area contributed by atoms with Gasteiger partial charge in [-0.15, -0.1) is 0 Å². The predicted octanol–water partition coefficient (Wildman–Crippen LogP) is 2.12. The molecule has 0 atom stereocenters. The number of nitrogens with one attached hydrogen (secondary N) is 2. The van der Waals surface area contributed by atoms with Crippen LogP contribution in [0, 0.1) is 5.41 Å². The van der Waals surface area contributed by atoms with Crippen LogP contribution in [0.5, 0.6) is 0 Å². The number of benzene rings is 1. The largest absolute Gasteiger partial charge is 0.492 e. The van der Waals surface area contributed by atoms with Crippen molar-refractivity contribution in [2.75, 3.05) is 6.54 Å². The molecule has 1 amide bonds. The summed E-state index contributed by atoms with van der Waals surface area (Å²) in [5.41, 5.74) is 6.94. The van der Waals surface area contributed by atoms with Crippen molar-refractivity contribution < 1.29 is 14.1 Å². The summed E-state index contributed by atoms with van der Waals surface area (Å²) >= 11 is 0. The van der Waals surface area contributed by atoms with Gasteiger partial charge in [-0.05, 0) is 44.8 Å². The van der Waals surface area contributed by atoms with Gasteiger partial charge in [-0.2, -0.15) is 0 Å². The highest BCUT2D eigenvalue weighted by atomic mass is 16.7. The second-order valence-electron chi connectivity index (χ2n) is 7.26. The van der Waals surface area contributed by atoms with Crippen molar-refractivity contribution in [2.45, 2.75) is 45.8 Å². The standard InChI is InChI=1S/C18H26BN3O3/c1-12(23)22-11-15(19-24-17(2,3)18(4,5)25-19)10-13-7-6-8-14(9-13)16(20)21/h6-10H,11H2,1-5H3,(H3,20,21)(H,22,23). The average molecular weight is 343 g/mol. The molecule has 1 aliphatic heterocycles. The van der Waals surface area contributed by atoms with E-state index in [1.54, 1.807) is 6.07 Å². The third-order valence-corrected chi connectivity index (χ3v) is 4.65. The van der Waals surface area contributed by atoms with Crippen LogP contribution in [0.4, 0.5) is 0 Å². The Hall–Kier alpha value is -2.12. The van der Waals surface area contributed by atoms with E-state index in [0.717, 1.165) is 11.0 Å². The van der Waals surface area contributed by atoms with Crippen molar-refractivity contribution in [3.8, 4) is 0 Å². The molecular weight excluding hydrogens is 317 g/mol. The van der Waals surface area contributed by atoms with Gasteiger partial charge in [-0.1, -0.05) is 24.3 Å². The smallest absolute Gasteiger partial charge is 0.400 e. The molecule has 1 aromatic carbocycles. The highest BCUT2D eigenvalue weighted by Gasteiger charge is 2.52. The molecule has 2 rings (SSSR count). The molecular formula is C18H26BN3O3. The van der Waals surface area contributed by atoms with Crippen molar-refractivity contribution in [3.63, 3.8) is 0 Å². The Morgan fingerprint density at radius 3 is 2.40 bits per heavy atom. The lowest BCUT2D eigenvalue weighted by Crippen LogP contribution is -2.41. The van der Waals surface area contributed by atoms with Crippen LogP contribution in [0.3, 0.4) is 0 Å². The number of rotatable bonds is 5. The van der Waals surface area contributed by atoms with Crippen LogP contribution in [0.2, 0.25) is 0 Å². The van der Waals surface area contributed by atoms with E-state index < -0.39 is 18.3 Å². The minimum Gasteiger partial charge on any atom is -0.400 e. The zero-order valence-corrected chi connectivity index (χ0v) is 15.5. The van der Waals surface area contributed by atoms with Gasteiger partial charge in [0.2, 0.25) is 5.91 Å². The van der Waals surface area contributed by atoms with E-state index in [-0.39, 0.29) is 11.7 Å². The Balaban J connectivity index is 2.35. The van der Waals surface area contributed by atoms with Gasteiger partial charge in [0.1, 0.15) is 5.84 Å². The third-order valence-electron chi connectivity index (χ3n) is 4.65. The lowest BCUT2D eigenvalue weighted by atomic mass is 9.77. The molecule has 0 radical (unpaired) electrons. The summed E-state index contributed by atoms with van der Waals surface area (Å²) in [7, 11) is -0.558. The molecule has 1 heterocycles. The van der Waals surface area contributed by atoms with Gasteiger partial charge in [0.25, 0.3) is 0 Å². The molecule has 0 saturated carbocycles. The minimum absolute atomic E-state index is 0.00861. The average Bonchev–Trinajstić information content (AvgIpc) is 2.71. The molecule has 0 bridgehead atoms. The molecule has 25 heavy (non-hydrogen) atoms. The van der Waals surface area contributed by atoms with E-state index in [1.807, 2.05) is 52.0 Å². The van der Waals surface area contributed by atoms with Gasteiger partial charge in [0.15, 0.2) is 0 Å². The van der Waals surface area contributed by atoms with Crippen LogP contribution in [0.25, 0.3) is 6.08 Å². The Kier molecular flexibility index (Phi) is 5.39. The SMILES string of the molecule is CC(=O)NCC(=Cc1cccc(C(=N)N)c1)B1OC(C)(C)C(C)(C)O1. The molecule has 0 spiro atoms. The molecule has 4 N–H and O–H groups in total. The van der Waals surface area contributed by atoms with Crippen LogP contribution in [0.15, 0.2) is 29.7 Å². The maximum absolute atomic E-state index is 11.3. The first kappa shape index (κ1) is 19.2. The van der Waals surface area contributed by atoms with E-state index in [1.165, 1.54) is 6.92 Å². The molecule has 7 heteroatoms. The molecule has 6 nitrogen and oxygen atoms in total. The number of nitrogen functional groups attached to an aromatic ring is 1. The first-order valence-electron chi connectivity index (χ1n) is 8.27. The molecule has 0 aliphatic carbocycles. The first-order chi connectivity index (χ1) is 11.5. The van der Waals surface area contributed by atoms with E-state index in [9.17, 15) is 4.79 Å². The van der Waals surface area contributed by atoms with E-state index >= 15 is 0 Å². The highest BCUT2D eigenvalue weighted by molar-refractivity contribution is 6.56. The Labute approximate surface area is 149 Å². The van der Waals surface area contributed by atoms with Crippen molar-refractivity contribution in [3.05, 3.63) is 40.9 Å². The molecule has 0 aromatic heterocycles. The van der Waals surface area contributed by atoms with Crippen molar-refractivity contribution in [2.24, 2.45) is 5.73 Å². The minimum atomic E-state index is -0.558. The number of hydrogen-bond acceptors (Lipinski definition) is 4. The summed E-state index contributed by atoms with van der Waals surface area (Å²) in [5, 5.41) is 10.4. The molecule has 0 unspecified atom stereocenters. The van der Waals surface area contributed by atoms with Gasteiger partial charge in [0, 0.05) is 19.0 Å². The first-order valence-corrected chi connectivity index (χ1v) is 8.27. The van der Waals surface area contributed by atoms with Crippen molar-refractivity contribution >= 4 is 24.9 Å².